The molecule has 2 fully saturated rings. The van der Waals surface area contributed by atoms with E-state index in [0.717, 1.165) is 25.1 Å². The molecule has 1 aromatic heterocycles. The predicted molar refractivity (Wildman–Crippen MR) is 124 cm³/mol. The smallest absolute Gasteiger partial charge is 0.242 e. The molecule has 9 heteroatoms. The monoisotopic (exact) mass is 472 g/mol. The lowest BCUT2D eigenvalue weighted by molar-refractivity contribution is -0.144. The number of hydrogen-bond donors (Lipinski definition) is 0. The summed E-state index contributed by atoms with van der Waals surface area (Å²) in [6, 6.07) is 5.88. The number of piperidine rings is 1. The average molecular weight is 473 g/mol. The van der Waals surface area contributed by atoms with Crippen LogP contribution in [0.15, 0.2) is 36.7 Å². The van der Waals surface area contributed by atoms with Gasteiger partial charge in [0.25, 0.3) is 0 Å². The molecule has 2 amide bonds. The second-order valence-electron chi connectivity index (χ2n) is 9.16. The quantitative estimate of drug-likeness (QED) is 0.590. The van der Waals surface area contributed by atoms with Crippen molar-refractivity contribution >= 4 is 11.8 Å². The Morgan fingerprint density at radius 2 is 1.88 bits per heavy atom. The molecule has 0 spiro atoms. The van der Waals surface area contributed by atoms with Gasteiger partial charge in [-0.05, 0) is 37.1 Å². The molecule has 1 aromatic carbocycles. The maximum Gasteiger partial charge on any atom is 0.242 e. The first-order valence-corrected chi connectivity index (χ1v) is 12.0. The van der Waals surface area contributed by atoms with Crippen molar-refractivity contribution in [3.05, 3.63) is 48.3 Å². The summed E-state index contributed by atoms with van der Waals surface area (Å²) in [4.78, 5) is 34.4. The number of halogens is 1. The number of aryl methyl sites for hydroxylation is 1. The van der Waals surface area contributed by atoms with Crippen LogP contribution < -0.4 is 4.74 Å². The van der Waals surface area contributed by atoms with Crippen LogP contribution in [0, 0.1) is 11.2 Å². The van der Waals surface area contributed by atoms with E-state index in [1.807, 2.05) is 27.5 Å². The number of carbonyl (C=O) groups is 2. The van der Waals surface area contributed by atoms with Gasteiger partial charge in [-0.25, -0.2) is 9.37 Å². The topological polar surface area (TPSA) is 76.9 Å². The van der Waals surface area contributed by atoms with Crippen molar-refractivity contribution in [1.82, 2.24) is 19.4 Å². The Kier molecular flexibility index (Phi) is 7.82. The first-order chi connectivity index (χ1) is 16.5. The molecule has 0 bridgehead atoms. The number of carbonyl (C=O) groups excluding carboxylic acids is 2. The lowest BCUT2D eigenvalue weighted by atomic mass is 9.77. The first kappa shape index (κ1) is 24.2. The van der Waals surface area contributed by atoms with Crippen LogP contribution in [-0.2, 0) is 27.3 Å². The molecule has 2 aromatic rings. The molecule has 0 unspecified atom stereocenters. The van der Waals surface area contributed by atoms with E-state index in [9.17, 15) is 14.0 Å². The summed E-state index contributed by atoms with van der Waals surface area (Å²) in [6.45, 7) is 5.87. The van der Waals surface area contributed by atoms with Crippen LogP contribution >= 0.6 is 0 Å². The number of imidazole rings is 1. The number of rotatable bonds is 8. The molecule has 2 aliphatic heterocycles. The Hall–Kier alpha value is -2.94. The van der Waals surface area contributed by atoms with Crippen molar-refractivity contribution < 1.29 is 23.5 Å². The van der Waals surface area contributed by atoms with E-state index in [1.54, 1.807) is 18.3 Å². The molecule has 0 radical (unpaired) electrons. The zero-order chi connectivity index (χ0) is 24.0. The third kappa shape index (κ3) is 5.94. The summed E-state index contributed by atoms with van der Waals surface area (Å²) in [5.41, 5.74) is -0.514. The molecule has 4 rings (SSSR count). The van der Waals surface area contributed by atoms with Gasteiger partial charge < -0.3 is 23.8 Å². The van der Waals surface area contributed by atoms with Crippen molar-refractivity contribution in [3.63, 3.8) is 0 Å². The van der Waals surface area contributed by atoms with E-state index in [2.05, 4.69) is 4.98 Å². The standard InChI is InChI=1S/C25H33FN4O4/c1-2-22-27-9-11-29(22)17-24(32)30-10-3-8-25(18-30,16-23(31)28-12-14-33-15-13-28)19-34-21-6-4-20(26)5-7-21/h4-7,9,11H,2-3,8,10,12-19H2,1H3/t25-/m0/s1. The summed E-state index contributed by atoms with van der Waals surface area (Å²) in [7, 11) is 0. The number of nitrogens with zero attached hydrogens (tertiary/aromatic N) is 4. The number of benzene rings is 1. The predicted octanol–water partition coefficient (Wildman–Crippen LogP) is 2.52. The van der Waals surface area contributed by atoms with E-state index in [4.69, 9.17) is 9.47 Å². The number of likely N-dealkylation sites (tertiary alicyclic amines) is 1. The van der Waals surface area contributed by atoms with Gasteiger partial charge in [0.15, 0.2) is 0 Å². The van der Waals surface area contributed by atoms with Crippen molar-refractivity contribution in [2.24, 2.45) is 5.41 Å². The van der Waals surface area contributed by atoms with Crippen LogP contribution in [-0.4, -0.2) is 77.2 Å². The molecule has 8 nitrogen and oxygen atoms in total. The minimum absolute atomic E-state index is 0.0115. The molecule has 0 aliphatic carbocycles. The lowest BCUT2D eigenvalue weighted by Gasteiger charge is -2.43. The third-order valence-electron chi connectivity index (χ3n) is 6.69. The van der Waals surface area contributed by atoms with Crippen LogP contribution in [0.3, 0.4) is 0 Å². The lowest BCUT2D eigenvalue weighted by Crippen LogP contribution is -2.52. The maximum absolute atomic E-state index is 13.3. The highest BCUT2D eigenvalue weighted by Gasteiger charge is 2.41. The average Bonchev–Trinajstić information content (AvgIpc) is 3.31. The van der Waals surface area contributed by atoms with Gasteiger partial charge in [0.1, 0.15) is 23.9 Å². The van der Waals surface area contributed by atoms with Crippen LogP contribution in [0.1, 0.15) is 32.0 Å². The number of hydrogen-bond acceptors (Lipinski definition) is 5. The Bertz CT molecular complexity index is 974. The van der Waals surface area contributed by atoms with Gasteiger partial charge in [0.05, 0.1) is 19.8 Å². The van der Waals surface area contributed by atoms with Gasteiger partial charge in [-0.3, -0.25) is 9.59 Å². The molecule has 34 heavy (non-hydrogen) atoms. The fourth-order valence-corrected chi connectivity index (χ4v) is 4.79. The van der Waals surface area contributed by atoms with Crippen LogP contribution in [0.25, 0.3) is 0 Å². The molecule has 3 heterocycles. The van der Waals surface area contributed by atoms with E-state index in [-0.39, 0.29) is 30.8 Å². The van der Waals surface area contributed by atoms with Crippen molar-refractivity contribution in [1.29, 1.82) is 0 Å². The van der Waals surface area contributed by atoms with Crippen LogP contribution in [0.4, 0.5) is 4.39 Å². The Labute approximate surface area is 199 Å². The zero-order valence-electron chi connectivity index (χ0n) is 19.7. The third-order valence-corrected chi connectivity index (χ3v) is 6.69. The second kappa shape index (κ2) is 11.0. The molecular formula is C25H33FN4O4. The van der Waals surface area contributed by atoms with Crippen LogP contribution in [0.2, 0.25) is 0 Å². The summed E-state index contributed by atoms with van der Waals surface area (Å²) in [5, 5.41) is 0. The molecule has 0 N–H and O–H groups in total. The number of ether oxygens (including phenoxy) is 2. The highest BCUT2D eigenvalue weighted by Crippen LogP contribution is 2.35. The summed E-state index contributed by atoms with van der Waals surface area (Å²) in [6.07, 6.45) is 6.16. The minimum atomic E-state index is -0.514. The van der Waals surface area contributed by atoms with Crippen molar-refractivity contribution in [3.8, 4) is 5.75 Å². The highest BCUT2D eigenvalue weighted by atomic mass is 19.1. The minimum Gasteiger partial charge on any atom is -0.493 e. The number of morpholine rings is 1. The molecule has 1 atom stereocenters. The van der Waals surface area contributed by atoms with Crippen LogP contribution in [0.5, 0.6) is 5.75 Å². The maximum atomic E-state index is 13.3. The first-order valence-electron chi connectivity index (χ1n) is 12.0. The summed E-state index contributed by atoms with van der Waals surface area (Å²) >= 11 is 0. The summed E-state index contributed by atoms with van der Waals surface area (Å²) in [5.74, 6) is 1.17. The Balaban J connectivity index is 1.48. The largest absolute Gasteiger partial charge is 0.493 e. The molecule has 2 saturated heterocycles. The Morgan fingerprint density at radius 1 is 1.12 bits per heavy atom. The van der Waals surface area contributed by atoms with E-state index < -0.39 is 5.41 Å². The zero-order valence-corrected chi connectivity index (χ0v) is 19.7. The second-order valence-corrected chi connectivity index (χ2v) is 9.16. The fraction of sp³-hybridized carbons (Fsp3) is 0.560. The van der Waals surface area contributed by atoms with Gasteiger partial charge in [-0.2, -0.15) is 0 Å². The van der Waals surface area contributed by atoms with Gasteiger partial charge >= 0.3 is 0 Å². The summed E-state index contributed by atoms with van der Waals surface area (Å²) < 4.78 is 26.6. The highest BCUT2D eigenvalue weighted by molar-refractivity contribution is 5.78. The van der Waals surface area contributed by atoms with Gasteiger partial charge in [-0.1, -0.05) is 6.92 Å². The Morgan fingerprint density at radius 3 is 2.62 bits per heavy atom. The van der Waals surface area contributed by atoms with Crippen molar-refractivity contribution in [2.45, 2.75) is 39.2 Å². The number of aromatic nitrogens is 2. The molecule has 184 valence electrons. The normalized spacial score (nSPS) is 20.9. The SMILES string of the molecule is CCc1nccn1CC(=O)N1CCC[C@](COc2ccc(F)cc2)(CC(=O)N2CCOCC2)C1. The van der Waals surface area contributed by atoms with Crippen molar-refractivity contribution in [2.75, 3.05) is 46.0 Å². The van der Waals surface area contributed by atoms with E-state index in [0.29, 0.717) is 51.6 Å². The molecular weight excluding hydrogens is 439 g/mol. The fourth-order valence-electron chi connectivity index (χ4n) is 4.79. The van der Waals surface area contributed by atoms with E-state index in [1.165, 1.54) is 12.1 Å². The van der Waals surface area contributed by atoms with Gasteiger partial charge in [0.2, 0.25) is 11.8 Å². The number of amides is 2. The van der Waals surface area contributed by atoms with Gasteiger partial charge in [0, 0.05) is 56.8 Å². The van der Waals surface area contributed by atoms with E-state index >= 15 is 0 Å². The molecule has 0 saturated carbocycles. The molecule has 2 aliphatic rings. The van der Waals surface area contributed by atoms with Gasteiger partial charge in [-0.15, -0.1) is 0 Å².